The molecule has 0 fully saturated rings. The van der Waals surface area contributed by atoms with Gasteiger partial charge in [-0.2, -0.15) is 5.10 Å². The summed E-state index contributed by atoms with van der Waals surface area (Å²) in [6.45, 7) is 0. The largest absolute Gasteiger partial charge is 0.493 e. The molecule has 8 heavy (non-hydrogen) atoms. The lowest BCUT2D eigenvalue weighted by atomic mass is 10.7. The maximum absolute atomic E-state index is 8.76. The van der Waals surface area contributed by atoms with E-state index in [9.17, 15) is 0 Å². The molecule has 0 aliphatic carbocycles. The third kappa shape index (κ3) is 0.767. The van der Waals surface area contributed by atoms with E-state index in [0.717, 1.165) is 0 Å². The Hall–Kier alpha value is -0.700. The van der Waals surface area contributed by atoms with Gasteiger partial charge in [0.2, 0.25) is 5.88 Å². The van der Waals surface area contributed by atoms with Gasteiger partial charge >= 0.3 is 0 Å². The Kier molecular flexibility index (Phi) is 1.13. The average Bonchev–Trinajstić information content (AvgIpc) is 1.85. The van der Waals surface area contributed by atoms with Crippen molar-refractivity contribution >= 4 is 11.6 Å². The van der Waals surface area contributed by atoms with E-state index in [0.29, 0.717) is 5.15 Å². The highest BCUT2D eigenvalue weighted by molar-refractivity contribution is 6.29. The van der Waals surface area contributed by atoms with Gasteiger partial charge in [0.25, 0.3) is 0 Å². The van der Waals surface area contributed by atoms with Crippen LogP contribution in [-0.2, 0) is 7.05 Å². The van der Waals surface area contributed by atoms with Gasteiger partial charge in [-0.3, -0.25) is 0 Å². The number of rotatable bonds is 0. The summed E-state index contributed by atoms with van der Waals surface area (Å²) in [5.41, 5.74) is 0. The molecule has 0 aliphatic heterocycles. The van der Waals surface area contributed by atoms with Gasteiger partial charge in [-0.15, -0.1) is 0 Å². The molecule has 44 valence electrons. The molecule has 1 heterocycles. The van der Waals surface area contributed by atoms with Crippen molar-refractivity contribution in [3.05, 3.63) is 11.2 Å². The van der Waals surface area contributed by atoms with Crippen molar-refractivity contribution in [2.75, 3.05) is 0 Å². The number of halogens is 1. The normalized spacial score (nSPS) is 9.75. The second kappa shape index (κ2) is 1.67. The van der Waals surface area contributed by atoms with Gasteiger partial charge in [-0.05, 0) is 0 Å². The molecule has 1 N–H and O–H groups in total. The van der Waals surface area contributed by atoms with E-state index in [1.54, 1.807) is 7.05 Å². The molecule has 0 spiro atoms. The third-order valence-corrected chi connectivity index (χ3v) is 1.01. The molecule has 0 bridgehead atoms. The van der Waals surface area contributed by atoms with Crippen LogP contribution in [0.5, 0.6) is 5.88 Å². The van der Waals surface area contributed by atoms with E-state index < -0.39 is 0 Å². The van der Waals surface area contributed by atoms with Gasteiger partial charge in [-0.1, -0.05) is 11.6 Å². The van der Waals surface area contributed by atoms with Crippen molar-refractivity contribution < 1.29 is 5.11 Å². The Morgan fingerprint density at radius 2 is 2.50 bits per heavy atom. The zero-order valence-electron chi connectivity index (χ0n) is 4.30. The van der Waals surface area contributed by atoms with Crippen molar-refractivity contribution in [1.29, 1.82) is 0 Å². The van der Waals surface area contributed by atoms with Gasteiger partial charge in [0.05, 0.1) is 0 Å². The minimum absolute atomic E-state index is 0.0787. The van der Waals surface area contributed by atoms with Gasteiger partial charge in [0, 0.05) is 13.1 Å². The zero-order valence-corrected chi connectivity index (χ0v) is 5.05. The maximum atomic E-state index is 8.76. The number of hydrogen-bond acceptors (Lipinski definition) is 2. The molecule has 1 aromatic rings. The summed E-state index contributed by atoms with van der Waals surface area (Å²) in [4.78, 5) is 0. The molecule has 0 unspecified atom stereocenters. The standard InChI is InChI=1S/C4H5ClN2O/c1-7-4(8)2-3(5)6-7/h2,8H,1H3. The third-order valence-electron chi connectivity index (χ3n) is 0.825. The van der Waals surface area contributed by atoms with Crippen LogP contribution in [0.25, 0.3) is 0 Å². The summed E-state index contributed by atoms with van der Waals surface area (Å²) in [7, 11) is 1.61. The molecule has 0 amide bonds. The molecular weight excluding hydrogens is 128 g/mol. The number of aromatic hydroxyl groups is 1. The fraction of sp³-hybridized carbons (Fsp3) is 0.250. The quantitative estimate of drug-likeness (QED) is 0.567. The topological polar surface area (TPSA) is 38.0 Å². The molecule has 0 aliphatic rings. The average molecular weight is 133 g/mol. The van der Waals surface area contributed by atoms with Crippen LogP contribution in [0.4, 0.5) is 0 Å². The molecule has 0 saturated carbocycles. The van der Waals surface area contributed by atoms with Crippen LogP contribution >= 0.6 is 11.6 Å². The predicted octanol–water partition coefficient (Wildman–Crippen LogP) is 0.779. The van der Waals surface area contributed by atoms with Gasteiger partial charge in [0.1, 0.15) is 0 Å². The van der Waals surface area contributed by atoms with Gasteiger partial charge in [-0.25, -0.2) is 4.68 Å². The lowest BCUT2D eigenvalue weighted by molar-refractivity contribution is 0.419. The van der Waals surface area contributed by atoms with Crippen molar-refractivity contribution in [3.63, 3.8) is 0 Å². The highest BCUT2D eigenvalue weighted by atomic mass is 35.5. The first-order valence-electron chi connectivity index (χ1n) is 2.08. The zero-order chi connectivity index (χ0) is 6.15. The maximum Gasteiger partial charge on any atom is 0.210 e. The van der Waals surface area contributed by atoms with Crippen LogP contribution in [-0.4, -0.2) is 14.9 Å². The van der Waals surface area contributed by atoms with Crippen LogP contribution in [0.15, 0.2) is 6.07 Å². The van der Waals surface area contributed by atoms with Crippen LogP contribution < -0.4 is 0 Å². The minimum Gasteiger partial charge on any atom is -0.493 e. The summed E-state index contributed by atoms with van der Waals surface area (Å²) in [5.74, 6) is 0.0787. The second-order valence-electron chi connectivity index (χ2n) is 1.45. The first-order valence-corrected chi connectivity index (χ1v) is 2.46. The summed E-state index contributed by atoms with van der Waals surface area (Å²) >= 11 is 5.37. The molecule has 0 saturated heterocycles. The smallest absolute Gasteiger partial charge is 0.210 e. The van der Waals surface area contributed by atoms with Crippen LogP contribution in [0.3, 0.4) is 0 Å². The van der Waals surface area contributed by atoms with Crippen molar-refractivity contribution in [2.45, 2.75) is 0 Å². The minimum atomic E-state index is 0.0787. The number of hydrogen-bond donors (Lipinski definition) is 1. The predicted molar refractivity (Wildman–Crippen MR) is 29.9 cm³/mol. The Morgan fingerprint density at radius 1 is 1.88 bits per heavy atom. The summed E-state index contributed by atoms with van der Waals surface area (Å²) < 4.78 is 1.29. The fourth-order valence-corrected chi connectivity index (χ4v) is 0.634. The first kappa shape index (κ1) is 5.44. The van der Waals surface area contributed by atoms with E-state index >= 15 is 0 Å². The molecule has 1 rings (SSSR count). The Labute approximate surface area is 51.5 Å². The van der Waals surface area contributed by atoms with Crippen LogP contribution in [0.1, 0.15) is 0 Å². The van der Waals surface area contributed by atoms with E-state index in [-0.39, 0.29) is 5.88 Å². The summed E-state index contributed by atoms with van der Waals surface area (Å²) in [6.07, 6.45) is 0. The SMILES string of the molecule is Cn1nc(Cl)cc1O. The molecule has 0 atom stereocenters. The van der Waals surface area contributed by atoms with Crippen LogP contribution in [0.2, 0.25) is 5.15 Å². The van der Waals surface area contributed by atoms with Crippen molar-refractivity contribution in [1.82, 2.24) is 9.78 Å². The Morgan fingerprint density at radius 3 is 2.62 bits per heavy atom. The van der Waals surface area contributed by atoms with E-state index in [4.69, 9.17) is 16.7 Å². The van der Waals surface area contributed by atoms with E-state index in [1.807, 2.05) is 0 Å². The fourth-order valence-electron chi connectivity index (χ4n) is 0.423. The van der Waals surface area contributed by atoms with Crippen molar-refractivity contribution in [3.8, 4) is 5.88 Å². The lowest BCUT2D eigenvalue weighted by Crippen LogP contribution is -1.87. The molecular formula is C4H5ClN2O. The summed E-state index contributed by atoms with van der Waals surface area (Å²) in [5, 5.41) is 12.7. The monoisotopic (exact) mass is 132 g/mol. The van der Waals surface area contributed by atoms with Gasteiger partial charge < -0.3 is 5.11 Å². The number of aryl methyl sites for hydroxylation is 1. The number of aromatic nitrogens is 2. The highest BCUT2D eigenvalue weighted by Gasteiger charge is 1.96. The highest BCUT2D eigenvalue weighted by Crippen LogP contribution is 2.12. The molecule has 0 aromatic carbocycles. The number of nitrogens with zero attached hydrogens (tertiary/aromatic N) is 2. The molecule has 4 heteroatoms. The lowest BCUT2D eigenvalue weighted by Gasteiger charge is -1.85. The van der Waals surface area contributed by atoms with E-state index in [2.05, 4.69) is 5.10 Å². The Bertz CT molecular complexity index is 176. The Balaban J connectivity index is 3.14. The molecule has 3 nitrogen and oxygen atoms in total. The van der Waals surface area contributed by atoms with Gasteiger partial charge in [0.15, 0.2) is 5.15 Å². The molecule has 0 radical (unpaired) electrons. The second-order valence-corrected chi connectivity index (χ2v) is 1.84. The summed E-state index contributed by atoms with van der Waals surface area (Å²) in [6, 6.07) is 1.38. The first-order chi connectivity index (χ1) is 3.70. The van der Waals surface area contributed by atoms with E-state index in [1.165, 1.54) is 10.7 Å². The van der Waals surface area contributed by atoms with Crippen molar-refractivity contribution in [2.24, 2.45) is 7.05 Å². The molecule has 1 aromatic heterocycles. The van der Waals surface area contributed by atoms with Crippen LogP contribution in [0, 0.1) is 0 Å².